The van der Waals surface area contributed by atoms with E-state index in [1.807, 2.05) is 6.92 Å². The van der Waals surface area contributed by atoms with Gasteiger partial charge in [0.2, 0.25) is 0 Å². The van der Waals surface area contributed by atoms with Crippen LogP contribution in [0.15, 0.2) is 44.9 Å². The largest absolute Gasteiger partial charge is 0.404 e. The molecule has 0 amide bonds. The number of aliphatic hydroxyl groups is 1. The van der Waals surface area contributed by atoms with Crippen LogP contribution in [0.25, 0.3) is 0 Å². The average Bonchev–Trinajstić information content (AvgIpc) is 2.54. The summed E-state index contributed by atoms with van der Waals surface area (Å²) in [7, 11) is 0. The van der Waals surface area contributed by atoms with Gasteiger partial charge in [-0.2, -0.15) is 0 Å². The van der Waals surface area contributed by atoms with E-state index in [2.05, 4.69) is 30.9 Å². The van der Waals surface area contributed by atoms with E-state index in [-0.39, 0.29) is 6.42 Å². The summed E-state index contributed by atoms with van der Waals surface area (Å²) in [6.45, 7) is 4.03. The van der Waals surface area contributed by atoms with Crippen molar-refractivity contribution >= 4 is 38.4 Å². The second kappa shape index (κ2) is 9.94. The van der Waals surface area contributed by atoms with Gasteiger partial charge in [0.15, 0.2) is 0 Å². The Kier molecular flexibility index (Phi) is 8.28. The molecule has 0 aromatic heterocycles. The standard InChI is InChI=1S/C16H21BrFN5O/c1-3-21-16(17)11(8-19)6-15(22-9-20)23-14-5-4-12(18)7-13(14)10(2)24/h4-5,7-10,24H,3,6,19H2,1-2H3,(H2,20,22,23). The van der Waals surface area contributed by atoms with Crippen molar-refractivity contribution in [2.75, 3.05) is 6.54 Å². The van der Waals surface area contributed by atoms with Gasteiger partial charge in [-0.3, -0.25) is 4.99 Å². The third kappa shape index (κ3) is 5.86. The fourth-order valence-corrected chi connectivity index (χ4v) is 2.44. The number of benzene rings is 1. The van der Waals surface area contributed by atoms with Crippen LogP contribution in [0.1, 0.15) is 31.9 Å². The molecule has 130 valence electrons. The van der Waals surface area contributed by atoms with Crippen LogP contribution in [0, 0.1) is 5.82 Å². The third-order valence-corrected chi connectivity index (χ3v) is 3.78. The van der Waals surface area contributed by atoms with Crippen molar-refractivity contribution in [1.29, 1.82) is 0 Å². The molecule has 1 aromatic carbocycles. The number of amidine groups is 1. The van der Waals surface area contributed by atoms with Crippen LogP contribution in [0.5, 0.6) is 0 Å². The highest BCUT2D eigenvalue weighted by Crippen LogP contribution is 2.27. The third-order valence-electron chi connectivity index (χ3n) is 3.02. The van der Waals surface area contributed by atoms with E-state index in [0.717, 1.165) is 6.34 Å². The maximum absolute atomic E-state index is 13.4. The molecule has 0 saturated carbocycles. The number of halogens is 2. The minimum Gasteiger partial charge on any atom is -0.404 e. The molecular weight excluding hydrogens is 377 g/mol. The molecule has 24 heavy (non-hydrogen) atoms. The van der Waals surface area contributed by atoms with Gasteiger partial charge in [-0.15, -0.1) is 0 Å². The van der Waals surface area contributed by atoms with E-state index in [0.29, 0.717) is 33.8 Å². The van der Waals surface area contributed by atoms with Crippen LogP contribution in [0.3, 0.4) is 0 Å². The number of hydrogen-bond acceptors (Lipinski definition) is 4. The van der Waals surface area contributed by atoms with E-state index < -0.39 is 11.9 Å². The first kappa shape index (κ1) is 20.0. The smallest absolute Gasteiger partial charge is 0.135 e. The molecule has 5 N–H and O–H groups in total. The summed E-state index contributed by atoms with van der Waals surface area (Å²) < 4.78 is 14.0. The Balaban J connectivity index is 3.26. The predicted molar refractivity (Wildman–Crippen MR) is 101 cm³/mol. The van der Waals surface area contributed by atoms with E-state index in [4.69, 9.17) is 11.5 Å². The number of nitrogens with two attached hydrogens (primary N) is 2. The van der Waals surface area contributed by atoms with Gasteiger partial charge in [0.25, 0.3) is 0 Å². The summed E-state index contributed by atoms with van der Waals surface area (Å²) in [4.78, 5) is 12.6. The fourth-order valence-electron chi connectivity index (χ4n) is 1.91. The van der Waals surface area contributed by atoms with Crippen molar-refractivity contribution in [2.45, 2.75) is 26.4 Å². The first-order valence-electron chi connectivity index (χ1n) is 7.33. The lowest BCUT2D eigenvalue weighted by atomic mass is 10.1. The molecule has 1 aromatic rings. The van der Waals surface area contributed by atoms with Crippen molar-refractivity contribution < 1.29 is 9.50 Å². The topological polar surface area (TPSA) is 109 Å². The zero-order chi connectivity index (χ0) is 18.1. The Labute approximate surface area is 149 Å². The summed E-state index contributed by atoms with van der Waals surface area (Å²) in [5, 5.41) is 9.80. The minimum absolute atomic E-state index is 0.269. The minimum atomic E-state index is -0.875. The molecule has 1 unspecified atom stereocenters. The van der Waals surface area contributed by atoms with Crippen LogP contribution >= 0.6 is 15.9 Å². The highest BCUT2D eigenvalue weighted by Gasteiger charge is 2.12. The number of nitrogens with zero attached hydrogens (tertiary/aromatic N) is 3. The Morgan fingerprint density at radius 3 is 2.67 bits per heavy atom. The van der Waals surface area contributed by atoms with Crippen molar-refractivity contribution in [3.63, 3.8) is 0 Å². The van der Waals surface area contributed by atoms with E-state index >= 15 is 0 Å². The second-order valence-electron chi connectivity index (χ2n) is 4.82. The highest BCUT2D eigenvalue weighted by molar-refractivity contribution is 9.18. The number of aliphatic imine (C=N–C) groups is 3. The lowest BCUT2D eigenvalue weighted by Crippen LogP contribution is -2.07. The quantitative estimate of drug-likeness (QED) is 0.506. The number of rotatable bonds is 6. The Morgan fingerprint density at radius 1 is 1.42 bits per heavy atom. The number of aliphatic hydroxyl groups excluding tert-OH is 1. The van der Waals surface area contributed by atoms with E-state index in [1.165, 1.54) is 31.3 Å². The molecule has 0 bridgehead atoms. The maximum atomic E-state index is 13.4. The van der Waals surface area contributed by atoms with Gasteiger partial charge in [0.05, 0.1) is 18.1 Å². The van der Waals surface area contributed by atoms with Crippen LogP contribution in [-0.4, -0.2) is 28.4 Å². The average molecular weight is 398 g/mol. The van der Waals surface area contributed by atoms with Gasteiger partial charge in [-0.25, -0.2) is 14.4 Å². The molecule has 0 radical (unpaired) electrons. The molecule has 0 fully saturated rings. The molecule has 0 aliphatic rings. The fraction of sp³-hybridized carbons (Fsp3) is 0.312. The first-order valence-corrected chi connectivity index (χ1v) is 8.12. The maximum Gasteiger partial charge on any atom is 0.135 e. The molecule has 0 aliphatic heterocycles. The van der Waals surface area contributed by atoms with Crippen LogP contribution in [0.2, 0.25) is 0 Å². The highest BCUT2D eigenvalue weighted by atomic mass is 79.9. The molecule has 0 spiro atoms. The Morgan fingerprint density at radius 2 is 2.12 bits per heavy atom. The second-order valence-corrected chi connectivity index (χ2v) is 5.57. The van der Waals surface area contributed by atoms with Crippen molar-refractivity contribution in [3.05, 3.63) is 41.4 Å². The number of hydrogen-bond donors (Lipinski definition) is 3. The van der Waals surface area contributed by atoms with Gasteiger partial charge in [0.1, 0.15) is 16.3 Å². The monoisotopic (exact) mass is 397 g/mol. The molecule has 6 nitrogen and oxygen atoms in total. The Hall–Kier alpha value is -2.06. The first-order chi connectivity index (χ1) is 11.4. The zero-order valence-corrected chi connectivity index (χ0v) is 15.2. The van der Waals surface area contributed by atoms with E-state index in [9.17, 15) is 9.50 Å². The van der Waals surface area contributed by atoms with Crippen molar-refractivity contribution in [1.82, 2.24) is 0 Å². The Bertz CT molecular complexity index is 683. The van der Waals surface area contributed by atoms with Gasteiger partial charge in [0, 0.05) is 30.3 Å². The summed E-state index contributed by atoms with van der Waals surface area (Å²) >= 11 is 3.35. The predicted octanol–water partition coefficient (Wildman–Crippen LogP) is 2.94. The molecule has 1 atom stereocenters. The lowest BCUT2D eigenvalue weighted by molar-refractivity contribution is 0.199. The van der Waals surface area contributed by atoms with Crippen molar-refractivity contribution in [2.24, 2.45) is 26.4 Å². The summed E-state index contributed by atoms with van der Waals surface area (Å²) in [5.41, 5.74) is 12.5. The van der Waals surface area contributed by atoms with Gasteiger partial charge >= 0.3 is 0 Å². The SMILES string of the molecule is CCN=C(Br)C(=CN)CC(N=CN)=Nc1ccc(F)cc1C(C)O. The molecule has 1 rings (SSSR count). The van der Waals surface area contributed by atoms with Crippen LogP contribution < -0.4 is 11.5 Å². The summed E-state index contributed by atoms with van der Waals surface area (Å²) in [5.74, 6) is -0.0972. The van der Waals surface area contributed by atoms with E-state index in [1.54, 1.807) is 0 Å². The normalized spacial score (nSPS) is 15.1. The van der Waals surface area contributed by atoms with Gasteiger partial charge in [-0.1, -0.05) is 0 Å². The summed E-state index contributed by atoms with van der Waals surface area (Å²) in [6, 6.07) is 3.98. The van der Waals surface area contributed by atoms with Crippen LogP contribution in [-0.2, 0) is 0 Å². The summed E-state index contributed by atoms with van der Waals surface area (Å²) in [6.07, 6.45) is 1.92. The molecular formula is C16H21BrFN5O. The van der Waals surface area contributed by atoms with Gasteiger partial charge < -0.3 is 16.6 Å². The molecule has 0 heterocycles. The lowest BCUT2D eigenvalue weighted by Gasteiger charge is -2.10. The zero-order valence-electron chi connectivity index (χ0n) is 13.6. The van der Waals surface area contributed by atoms with Gasteiger partial charge in [-0.05, 0) is 48.0 Å². The van der Waals surface area contributed by atoms with Crippen LogP contribution in [0.4, 0.5) is 10.1 Å². The molecule has 8 heteroatoms. The molecule has 0 aliphatic carbocycles. The van der Waals surface area contributed by atoms with Crippen molar-refractivity contribution in [3.8, 4) is 0 Å². The molecule has 0 saturated heterocycles.